The first-order chi connectivity index (χ1) is 16.0. The number of hydrogen-bond donors (Lipinski definition) is 1. The van der Waals surface area contributed by atoms with Gasteiger partial charge in [-0.3, -0.25) is 13.9 Å². The third kappa shape index (κ3) is 7.73. The van der Waals surface area contributed by atoms with E-state index >= 15 is 0 Å². The number of carbonyl (C=O) groups is 2. The average Bonchev–Trinajstić information content (AvgIpc) is 2.76. The highest BCUT2D eigenvalue weighted by Crippen LogP contribution is 2.22. The zero-order valence-electron chi connectivity index (χ0n) is 20.1. The van der Waals surface area contributed by atoms with Crippen molar-refractivity contribution in [1.29, 1.82) is 0 Å². The van der Waals surface area contributed by atoms with E-state index in [0.29, 0.717) is 17.9 Å². The molecule has 8 nitrogen and oxygen atoms in total. The standard InChI is InChI=1S/C24H32BrN3O5S/c1-6-22(24(30)26-17(2)3)27(15-18-8-7-9-21(14-18)33-4)23(29)16-28(34(5,31)32)20-12-10-19(25)11-13-20/h7-14,17,22H,6,15-16H2,1-5H3,(H,26,30)/t22-/m0/s1. The third-order valence-electron chi connectivity index (χ3n) is 5.10. The number of halogens is 1. The number of ether oxygens (including phenoxy) is 1. The average molecular weight is 555 g/mol. The van der Waals surface area contributed by atoms with Gasteiger partial charge < -0.3 is 15.0 Å². The fourth-order valence-corrected chi connectivity index (χ4v) is 4.60. The molecule has 0 radical (unpaired) electrons. The van der Waals surface area contributed by atoms with E-state index in [-0.39, 0.29) is 18.5 Å². The second kappa shape index (κ2) is 12.2. The number of rotatable bonds is 11. The molecule has 10 heteroatoms. The molecule has 0 aliphatic rings. The maximum absolute atomic E-state index is 13.6. The molecule has 0 unspecified atom stereocenters. The Kier molecular flexibility index (Phi) is 9.93. The molecule has 0 saturated carbocycles. The Morgan fingerprint density at radius 1 is 1.12 bits per heavy atom. The molecule has 0 heterocycles. The van der Waals surface area contributed by atoms with Gasteiger partial charge in [0, 0.05) is 17.1 Å². The molecule has 0 bridgehead atoms. The largest absolute Gasteiger partial charge is 0.497 e. The van der Waals surface area contributed by atoms with Gasteiger partial charge in [0.15, 0.2) is 0 Å². The van der Waals surface area contributed by atoms with Crippen LogP contribution in [0.5, 0.6) is 5.75 Å². The minimum Gasteiger partial charge on any atom is -0.497 e. The quantitative estimate of drug-likeness (QED) is 0.459. The van der Waals surface area contributed by atoms with Crippen LogP contribution in [-0.4, -0.2) is 57.1 Å². The highest BCUT2D eigenvalue weighted by molar-refractivity contribution is 9.10. The Bertz CT molecular complexity index is 1090. The van der Waals surface area contributed by atoms with Crippen LogP contribution in [0.25, 0.3) is 0 Å². The minimum atomic E-state index is -3.76. The Balaban J connectivity index is 2.44. The van der Waals surface area contributed by atoms with Crippen LogP contribution in [0, 0.1) is 0 Å². The summed E-state index contributed by atoms with van der Waals surface area (Å²) >= 11 is 3.33. The van der Waals surface area contributed by atoms with E-state index in [4.69, 9.17) is 4.74 Å². The van der Waals surface area contributed by atoms with E-state index in [1.54, 1.807) is 49.6 Å². The molecule has 0 saturated heterocycles. The Morgan fingerprint density at radius 3 is 2.29 bits per heavy atom. The first-order valence-electron chi connectivity index (χ1n) is 10.9. The van der Waals surface area contributed by atoms with Gasteiger partial charge in [-0.1, -0.05) is 35.0 Å². The predicted molar refractivity (Wildman–Crippen MR) is 137 cm³/mol. The molecule has 2 amide bonds. The van der Waals surface area contributed by atoms with Crippen molar-refractivity contribution in [3.05, 3.63) is 58.6 Å². The maximum atomic E-state index is 13.6. The van der Waals surface area contributed by atoms with Gasteiger partial charge in [-0.05, 0) is 62.2 Å². The highest BCUT2D eigenvalue weighted by Gasteiger charge is 2.32. The lowest BCUT2D eigenvalue weighted by Gasteiger charge is -2.33. The maximum Gasteiger partial charge on any atom is 0.244 e. The van der Waals surface area contributed by atoms with Crippen LogP contribution in [0.1, 0.15) is 32.8 Å². The molecule has 0 spiro atoms. The topological polar surface area (TPSA) is 96.0 Å². The molecule has 0 aliphatic carbocycles. The van der Waals surface area contributed by atoms with Crippen molar-refractivity contribution in [2.24, 2.45) is 0 Å². The Labute approximate surface area is 210 Å². The van der Waals surface area contributed by atoms with Crippen LogP contribution in [-0.2, 0) is 26.2 Å². The Hall–Kier alpha value is -2.59. The molecule has 0 aromatic heterocycles. The molecule has 0 fully saturated rings. The fourth-order valence-electron chi connectivity index (χ4n) is 3.49. The van der Waals surface area contributed by atoms with Crippen molar-refractivity contribution in [2.75, 3.05) is 24.2 Å². The van der Waals surface area contributed by atoms with E-state index < -0.39 is 28.5 Å². The van der Waals surface area contributed by atoms with Gasteiger partial charge in [0.2, 0.25) is 21.8 Å². The van der Waals surface area contributed by atoms with Crippen molar-refractivity contribution in [3.63, 3.8) is 0 Å². The van der Waals surface area contributed by atoms with Crippen LogP contribution >= 0.6 is 15.9 Å². The van der Waals surface area contributed by atoms with Gasteiger partial charge in [0.25, 0.3) is 0 Å². The van der Waals surface area contributed by atoms with Crippen molar-refractivity contribution in [1.82, 2.24) is 10.2 Å². The number of amides is 2. The van der Waals surface area contributed by atoms with Crippen LogP contribution in [0.15, 0.2) is 53.0 Å². The fraction of sp³-hybridized carbons (Fsp3) is 0.417. The summed E-state index contributed by atoms with van der Waals surface area (Å²) in [7, 11) is -2.21. The highest BCUT2D eigenvalue weighted by atomic mass is 79.9. The van der Waals surface area contributed by atoms with Crippen molar-refractivity contribution >= 4 is 43.5 Å². The van der Waals surface area contributed by atoms with Crippen LogP contribution < -0.4 is 14.4 Å². The summed E-state index contributed by atoms with van der Waals surface area (Å²) in [6, 6.07) is 13.0. The molecular formula is C24H32BrN3O5S. The molecule has 0 aliphatic heterocycles. The Morgan fingerprint density at radius 2 is 1.76 bits per heavy atom. The molecule has 1 atom stereocenters. The summed E-state index contributed by atoms with van der Waals surface area (Å²) in [5.41, 5.74) is 1.12. The van der Waals surface area contributed by atoms with Gasteiger partial charge in [0.05, 0.1) is 19.1 Å². The second-order valence-electron chi connectivity index (χ2n) is 8.21. The lowest BCUT2D eigenvalue weighted by atomic mass is 10.1. The number of benzene rings is 2. The van der Waals surface area contributed by atoms with Crippen molar-refractivity contribution in [3.8, 4) is 5.75 Å². The number of hydrogen-bond acceptors (Lipinski definition) is 5. The predicted octanol–water partition coefficient (Wildman–Crippen LogP) is 3.56. The monoisotopic (exact) mass is 553 g/mol. The van der Waals surface area contributed by atoms with E-state index in [1.165, 1.54) is 4.90 Å². The summed E-state index contributed by atoms with van der Waals surface area (Å²) in [5.74, 6) is -0.151. The van der Waals surface area contributed by atoms with Crippen LogP contribution in [0.3, 0.4) is 0 Å². The van der Waals surface area contributed by atoms with E-state index in [9.17, 15) is 18.0 Å². The summed E-state index contributed by atoms with van der Waals surface area (Å²) in [6.07, 6.45) is 1.42. The third-order valence-corrected chi connectivity index (χ3v) is 6.77. The van der Waals surface area contributed by atoms with E-state index in [2.05, 4.69) is 21.2 Å². The minimum absolute atomic E-state index is 0.106. The molecule has 34 heavy (non-hydrogen) atoms. The summed E-state index contributed by atoms with van der Waals surface area (Å²) in [6.45, 7) is 5.20. The first kappa shape index (κ1) is 27.7. The van der Waals surface area contributed by atoms with Crippen LogP contribution in [0.4, 0.5) is 5.69 Å². The number of nitrogens with one attached hydrogen (secondary N) is 1. The van der Waals surface area contributed by atoms with E-state index in [0.717, 1.165) is 20.6 Å². The molecule has 2 aromatic carbocycles. The normalized spacial score (nSPS) is 12.2. The van der Waals surface area contributed by atoms with Crippen LogP contribution in [0.2, 0.25) is 0 Å². The van der Waals surface area contributed by atoms with Gasteiger partial charge in [-0.25, -0.2) is 8.42 Å². The molecule has 2 aromatic rings. The van der Waals surface area contributed by atoms with Crippen molar-refractivity contribution < 1.29 is 22.7 Å². The van der Waals surface area contributed by atoms with Crippen molar-refractivity contribution in [2.45, 2.75) is 45.8 Å². The number of sulfonamides is 1. The summed E-state index contributed by atoms with van der Waals surface area (Å²) in [4.78, 5) is 28.0. The zero-order valence-corrected chi connectivity index (χ0v) is 22.5. The molecule has 2 rings (SSSR count). The number of anilines is 1. The smallest absolute Gasteiger partial charge is 0.244 e. The summed E-state index contributed by atoms with van der Waals surface area (Å²) in [5, 5.41) is 2.86. The number of nitrogens with zero attached hydrogens (tertiary/aromatic N) is 2. The second-order valence-corrected chi connectivity index (χ2v) is 11.0. The zero-order chi connectivity index (χ0) is 25.5. The molecule has 186 valence electrons. The van der Waals surface area contributed by atoms with Gasteiger partial charge in [0.1, 0.15) is 18.3 Å². The molecular weight excluding hydrogens is 522 g/mol. The van der Waals surface area contributed by atoms with E-state index in [1.807, 2.05) is 26.8 Å². The number of methoxy groups -OCH3 is 1. The van der Waals surface area contributed by atoms with Gasteiger partial charge in [-0.2, -0.15) is 0 Å². The van der Waals surface area contributed by atoms with Gasteiger partial charge in [-0.15, -0.1) is 0 Å². The molecule has 1 N–H and O–H groups in total. The first-order valence-corrected chi connectivity index (χ1v) is 13.6. The SMILES string of the molecule is CC[C@@H](C(=O)NC(C)C)N(Cc1cccc(OC)c1)C(=O)CN(c1ccc(Br)cc1)S(C)(=O)=O. The van der Waals surface area contributed by atoms with Gasteiger partial charge >= 0.3 is 0 Å². The lowest BCUT2D eigenvalue weighted by Crippen LogP contribution is -2.53. The lowest BCUT2D eigenvalue weighted by molar-refractivity contribution is -0.140. The summed E-state index contributed by atoms with van der Waals surface area (Å²) < 4.78 is 32.3. The number of carbonyl (C=O) groups excluding carboxylic acids is 2.